The molecule has 106 valence electrons. The monoisotopic (exact) mass is 271 g/mol. The molecular weight excluding hydrogens is 250 g/mol. The predicted molar refractivity (Wildman–Crippen MR) is 83.0 cm³/mol. The molecule has 0 aliphatic carbocycles. The zero-order chi connectivity index (χ0) is 14.4. The Bertz CT molecular complexity index is 541. The van der Waals surface area contributed by atoms with Gasteiger partial charge in [0.15, 0.2) is 0 Å². The first kappa shape index (κ1) is 14.2. The van der Waals surface area contributed by atoms with Gasteiger partial charge in [0.25, 0.3) is 0 Å². The van der Waals surface area contributed by atoms with Crippen molar-refractivity contribution in [2.45, 2.75) is 26.4 Å². The van der Waals surface area contributed by atoms with Crippen molar-refractivity contribution in [2.75, 3.05) is 17.6 Å². The van der Waals surface area contributed by atoms with Gasteiger partial charge in [-0.25, -0.2) is 0 Å². The van der Waals surface area contributed by atoms with E-state index in [1.807, 2.05) is 44.2 Å². The molecule has 4 nitrogen and oxygen atoms in total. The number of nitrogen functional groups attached to an aromatic ring is 1. The number of pyridine rings is 1. The summed E-state index contributed by atoms with van der Waals surface area (Å²) in [6.07, 6.45) is 1.01. The first-order chi connectivity index (χ1) is 9.65. The number of anilines is 2. The fourth-order valence-electron chi connectivity index (χ4n) is 1.85. The summed E-state index contributed by atoms with van der Waals surface area (Å²) in [5.74, 6) is 1.27. The minimum atomic E-state index is 0.0596. The maximum Gasteiger partial charge on any atom is 0.239 e. The average molecular weight is 271 g/mol. The first-order valence-corrected chi connectivity index (χ1v) is 6.86. The number of ether oxygens (including phenoxy) is 1. The van der Waals surface area contributed by atoms with Crippen molar-refractivity contribution in [3.63, 3.8) is 0 Å². The normalized spacial score (nSPS) is 10.6. The van der Waals surface area contributed by atoms with Crippen LogP contribution in [0.2, 0.25) is 0 Å². The van der Waals surface area contributed by atoms with Crippen molar-refractivity contribution in [2.24, 2.45) is 0 Å². The van der Waals surface area contributed by atoms with E-state index in [0.29, 0.717) is 11.6 Å². The van der Waals surface area contributed by atoms with Crippen molar-refractivity contribution >= 4 is 11.5 Å². The molecule has 4 heteroatoms. The van der Waals surface area contributed by atoms with Crippen molar-refractivity contribution in [3.05, 3.63) is 48.0 Å². The van der Waals surface area contributed by atoms with E-state index in [4.69, 9.17) is 10.5 Å². The number of hydrogen-bond acceptors (Lipinski definition) is 4. The van der Waals surface area contributed by atoms with E-state index in [1.54, 1.807) is 0 Å². The Labute approximate surface area is 120 Å². The Kier molecular flexibility index (Phi) is 4.82. The molecule has 0 aliphatic heterocycles. The van der Waals surface area contributed by atoms with Gasteiger partial charge in [0.05, 0.1) is 11.8 Å². The highest BCUT2D eigenvalue weighted by molar-refractivity contribution is 5.53. The molecule has 0 spiro atoms. The number of hydrogen-bond donors (Lipinski definition) is 2. The first-order valence-electron chi connectivity index (χ1n) is 6.86. The summed E-state index contributed by atoms with van der Waals surface area (Å²) in [5.41, 5.74) is 7.70. The van der Waals surface area contributed by atoms with Crippen LogP contribution in [0.4, 0.5) is 11.5 Å². The second-order valence-corrected chi connectivity index (χ2v) is 4.92. The smallest absolute Gasteiger partial charge is 0.239 e. The van der Waals surface area contributed by atoms with Crippen molar-refractivity contribution in [1.29, 1.82) is 0 Å². The van der Waals surface area contributed by atoms with E-state index < -0.39 is 0 Å². The largest absolute Gasteiger partial charge is 0.473 e. The number of benzene rings is 1. The van der Waals surface area contributed by atoms with Gasteiger partial charge in [-0.3, -0.25) is 0 Å². The molecule has 2 aromatic rings. The summed E-state index contributed by atoms with van der Waals surface area (Å²) in [6.45, 7) is 4.73. The third-order valence-electron chi connectivity index (χ3n) is 2.80. The van der Waals surface area contributed by atoms with E-state index in [9.17, 15) is 0 Å². The molecule has 0 amide bonds. The number of nitrogens with zero attached hydrogens (tertiary/aromatic N) is 1. The lowest BCUT2D eigenvalue weighted by molar-refractivity contribution is 0.234. The maximum absolute atomic E-state index is 5.84. The van der Waals surface area contributed by atoms with Gasteiger partial charge in [0, 0.05) is 6.54 Å². The molecule has 3 N–H and O–H groups in total. The lowest BCUT2D eigenvalue weighted by atomic mass is 10.1. The standard InChI is InChI=1S/C16H21N3O/c1-12(2)20-16-14(17)8-9-15(19-16)18-11-10-13-6-4-3-5-7-13/h3-9,12H,10-11,17H2,1-2H3,(H,18,19). The molecule has 0 unspecified atom stereocenters. The zero-order valence-corrected chi connectivity index (χ0v) is 12.0. The van der Waals surface area contributed by atoms with Crippen molar-refractivity contribution in [1.82, 2.24) is 4.98 Å². The number of nitrogens with two attached hydrogens (primary N) is 1. The van der Waals surface area contributed by atoms with Crippen LogP contribution in [0.1, 0.15) is 19.4 Å². The second kappa shape index (κ2) is 6.80. The Morgan fingerprint density at radius 3 is 2.60 bits per heavy atom. The third kappa shape index (κ3) is 4.16. The highest BCUT2D eigenvalue weighted by Gasteiger charge is 2.06. The molecule has 1 aromatic carbocycles. The zero-order valence-electron chi connectivity index (χ0n) is 12.0. The van der Waals surface area contributed by atoms with Crippen LogP contribution in [0.15, 0.2) is 42.5 Å². The van der Waals surface area contributed by atoms with E-state index in [0.717, 1.165) is 18.8 Å². The summed E-state index contributed by atoms with van der Waals surface area (Å²) in [5, 5.41) is 3.29. The minimum absolute atomic E-state index is 0.0596. The predicted octanol–water partition coefficient (Wildman–Crippen LogP) is 3.11. The van der Waals surface area contributed by atoms with E-state index in [2.05, 4.69) is 22.4 Å². The van der Waals surface area contributed by atoms with Crippen LogP contribution in [-0.2, 0) is 6.42 Å². The minimum Gasteiger partial charge on any atom is -0.473 e. The van der Waals surface area contributed by atoms with Gasteiger partial charge in [-0.05, 0) is 38.0 Å². The maximum atomic E-state index is 5.84. The highest BCUT2D eigenvalue weighted by Crippen LogP contribution is 2.21. The Balaban J connectivity index is 1.93. The van der Waals surface area contributed by atoms with Gasteiger partial charge in [0.2, 0.25) is 5.88 Å². The van der Waals surface area contributed by atoms with Gasteiger partial charge < -0.3 is 15.8 Å². The van der Waals surface area contributed by atoms with Gasteiger partial charge in [-0.15, -0.1) is 0 Å². The Morgan fingerprint density at radius 1 is 1.15 bits per heavy atom. The number of aromatic nitrogens is 1. The molecule has 0 aliphatic rings. The molecule has 2 rings (SSSR count). The molecule has 0 saturated heterocycles. The van der Waals surface area contributed by atoms with Crippen LogP contribution in [0.25, 0.3) is 0 Å². The summed E-state index contributed by atoms with van der Waals surface area (Å²) in [4.78, 5) is 4.39. The van der Waals surface area contributed by atoms with Crippen LogP contribution in [0.3, 0.4) is 0 Å². The lowest BCUT2D eigenvalue weighted by Gasteiger charge is -2.13. The fraction of sp³-hybridized carbons (Fsp3) is 0.312. The lowest BCUT2D eigenvalue weighted by Crippen LogP contribution is -2.11. The van der Waals surface area contributed by atoms with Gasteiger partial charge in [-0.1, -0.05) is 30.3 Å². The quantitative estimate of drug-likeness (QED) is 0.847. The third-order valence-corrected chi connectivity index (χ3v) is 2.80. The van der Waals surface area contributed by atoms with Crippen LogP contribution >= 0.6 is 0 Å². The fourth-order valence-corrected chi connectivity index (χ4v) is 1.85. The molecule has 1 heterocycles. The highest BCUT2D eigenvalue weighted by atomic mass is 16.5. The summed E-state index contributed by atoms with van der Waals surface area (Å²) in [6, 6.07) is 14.0. The SMILES string of the molecule is CC(C)Oc1nc(NCCc2ccccc2)ccc1N. The van der Waals surface area contributed by atoms with Crippen molar-refractivity contribution in [3.8, 4) is 5.88 Å². The molecule has 0 radical (unpaired) electrons. The van der Waals surface area contributed by atoms with Crippen LogP contribution in [0.5, 0.6) is 5.88 Å². The summed E-state index contributed by atoms with van der Waals surface area (Å²) < 4.78 is 5.57. The summed E-state index contributed by atoms with van der Waals surface area (Å²) >= 11 is 0. The molecule has 0 atom stereocenters. The molecule has 0 fully saturated rings. The molecular formula is C16H21N3O. The number of nitrogens with one attached hydrogen (secondary N) is 1. The van der Waals surface area contributed by atoms with E-state index in [-0.39, 0.29) is 6.10 Å². The van der Waals surface area contributed by atoms with E-state index >= 15 is 0 Å². The van der Waals surface area contributed by atoms with Crippen LogP contribution < -0.4 is 15.8 Å². The number of rotatable bonds is 6. The second-order valence-electron chi connectivity index (χ2n) is 4.92. The topological polar surface area (TPSA) is 60.2 Å². The average Bonchev–Trinajstić information content (AvgIpc) is 2.43. The van der Waals surface area contributed by atoms with Crippen LogP contribution in [0, 0.1) is 0 Å². The molecule has 0 bridgehead atoms. The van der Waals surface area contributed by atoms with E-state index in [1.165, 1.54) is 5.56 Å². The Morgan fingerprint density at radius 2 is 1.90 bits per heavy atom. The molecule has 20 heavy (non-hydrogen) atoms. The summed E-state index contributed by atoms with van der Waals surface area (Å²) in [7, 11) is 0. The molecule has 0 saturated carbocycles. The van der Waals surface area contributed by atoms with Gasteiger partial charge in [0.1, 0.15) is 5.82 Å². The van der Waals surface area contributed by atoms with Crippen LogP contribution in [-0.4, -0.2) is 17.6 Å². The van der Waals surface area contributed by atoms with Gasteiger partial charge >= 0.3 is 0 Å². The molecule has 1 aromatic heterocycles. The Hall–Kier alpha value is -2.23. The van der Waals surface area contributed by atoms with Crippen molar-refractivity contribution < 1.29 is 4.74 Å². The van der Waals surface area contributed by atoms with Gasteiger partial charge in [-0.2, -0.15) is 4.98 Å².